The van der Waals surface area contributed by atoms with E-state index in [1.165, 1.54) is 16.4 Å². The Hall–Kier alpha value is -2.24. The maximum Gasteiger partial charge on any atom is 0.293 e. The number of piperidine rings is 1. The summed E-state index contributed by atoms with van der Waals surface area (Å²) in [5.41, 5.74) is 5.29. The summed E-state index contributed by atoms with van der Waals surface area (Å²) in [6, 6.07) is 4.09. The molecule has 10 nitrogen and oxygen atoms in total. The van der Waals surface area contributed by atoms with E-state index < -0.39 is 14.9 Å². The summed E-state index contributed by atoms with van der Waals surface area (Å²) in [5, 5.41) is 14.8. The molecule has 2 heterocycles. The standard InChI is InChI=1S/C19H29N5O5S/c20-19(25)14-22-11-7-15(8-12-22)21-17-6-5-16(13-18(17)24(26)27)30(28,29)23-9-3-1-2-4-10-23/h5-6,13,15,21H,1-4,7-12,14H2,(H2,20,25). The lowest BCUT2D eigenvalue weighted by Crippen LogP contribution is -2.43. The highest BCUT2D eigenvalue weighted by atomic mass is 32.2. The molecule has 1 aromatic carbocycles. The quantitative estimate of drug-likeness (QED) is 0.485. The van der Waals surface area contributed by atoms with Crippen LogP contribution in [-0.4, -0.2) is 67.2 Å². The number of nitro groups is 1. The van der Waals surface area contributed by atoms with Gasteiger partial charge in [0.25, 0.3) is 5.69 Å². The summed E-state index contributed by atoms with van der Waals surface area (Å²) in [5.74, 6) is -0.377. The van der Waals surface area contributed by atoms with Gasteiger partial charge >= 0.3 is 0 Å². The molecule has 0 aromatic heterocycles. The average molecular weight is 440 g/mol. The van der Waals surface area contributed by atoms with E-state index in [1.54, 1.807) is 0 Å². The van der Waals surface area contributed by atoms with Crippen LogP contribution in [0.1, 0.15) is 38.5 Å². The number of nitrogens with two attached hydrogens (primary N) is 1. The zero-order valence-electron chi connectivity index (χ0n) is 17.0. The van der Waals surface area contributed by atoms with Crippen molar-refractivity contribution in [3.8, 4) is 0 Å². The van der Waals surface area contributed by atoms with Crippen LogP contribution in [0.5, 0.6) is 0 Å². The van der Waals surface area contributed by atoms with Crippen molar-refractivity contribution < 1.29 is 18.1 Å². The van der Waals surface area contributed by atoms with Crippen LogP contribution in [0, 0.1) is 10.1 Å². The first-order chi connectivity index (χ1) is 14.3. The van der Waals surface area contributed by atoms with Crippen molar-refractivity contribution in [2.24, 2.45) is 5.73 Å². The lowest BCUT2D eigenvalue weighted by Gasteiger charge is -2.31. The molecule has 1 aromatic rings. The molecule has 30 heavy (non-hydrogen) atoms. The topological polar surface area (TPSA) is 139 Å². The van der Waals surface area contributed by atoms with Gasteiger partial charge in [0, 0.05) is 38.3 Å². The highest BCUT2D eigenvalue weighted by molar-refractivity contribution is 7.89. The number of carbonyl (C=O) groups is 1. The molecule has 2 aliphatic rings. The number of hydrogen-bond acceptors (Lipinski definition) is 7. The van der Waals surface area contributed by atoms with E-state index in [4.69, 9.17) is 5.73 Å². The summed E-state index contributed by atoms with van der Waals surface area (Å²) in [6.07, 6.45) is 5.00. The molecule has 2 aliphatic heterocycles. The summed E-state index contributed by atoms with van der Waals surface area (Å²) in [6.45, 7) is 2.42. The van der Waals surface area contributed by atoms with Crippen molar-refractivity contribution in [1.29, 1.82) is 0 Å². The van der Waals surface area contributed by atoms with E-state index in [2.05, 4.69) is 5.32 Å². The van der Waals surface area contributed by atoms with Gasteiger partial charge in [-0.05, 0) is 37.8 Å². The van der Waals surface area contributed by atoms with Crippen LogP contribution in [0.3, 0.4) is 0 Å². The highest BCUT2D eigenvalue weighted by Gasteiger charge is 2.29. The van der Waals surface area contributed by atoms with Gasteiger partial charge in [0.15, 0.2) is 0 Å². The first kappa shape index (κ1) is 22.4. The molecule has 0 radical (unpaired) electrons. The highest BCUT2D eigenvalue weighted by Crippen LogP contribution is 2.31. The second-order valence-corrected chi connectivity index (χ2v) is 9.85. The van der Waals surface area contributed by atoms with Gasteiger partial charge in [-0.15, -0.1) is 0 Å². The van der Waals surface area contributed by atoms with Crippen LogP contribution in [0.2, 0.25) is 0 Å². The number of nitro benzene ring substituents is 1. The van der Waals surface area contributed by atoms with Gasteiger partial charge in [-0.25, -0.2) is 8.42 Å². The fourth-order valence-electron chi connectivity index (χ4n) is 4.05. The van der Waals surface area contributed by atoms with Crippen LogP contribution in [0.25, 0.3) is 0 Å². The predicted molar refractivity (Wildman–Crippen MR) is 113 cm³/mol. The fourth-order valence-corrected chi connectivity index (χ4v) is 5.59. The minimum absolute atomic E-state index is 0.000825. The third-order valence-corrected chi connectivity index (χ3v) is 7.59. The molecular formula is C19H29N5O5S. The molecule has 0 aliphatic carbocycles. The third kappa shape index (κ3) is 5.46. The van der Waals surface area contributed by atoms with Crippen LogP contribution in [-0.2, 0) is 14.8 Å². The van der Waals surface area contributed by atoms with Crippen LogP contribution < -0.4 is 11.1 Å². The number of nitrogens with one attached hydrogen (secondary N) is 1. The Kier molecular flexibility index (Phi) is 7.27. The number of nitrogens with zero attached hydrogens (tertiary/aromatic N) is 3. The Morgan fingerprint density at radius 2 is 1.77 bits per heavy atom. The molecule has 0 unspecified atom stereocenters. The van der Waals surface area contributed by atoms with Crippen molar-refractivity contribution >= 4 is 27.3 Å². The molecule has 11 heteroatoms. The number of benzene rings is 1. The Bertz CT molecular complexity index is 875. The number of carbonyl (C=O) groups excluding carboxylic acids is 1. The van der Waals surface area contributed by atoms with Gasteiger partial charge in [0.2, 0.25) is 15.9 Å². The van der Waals surface area contributed by atoms with Gasteiger partial charge in [-0.2, -0.15) is 4.31 Å². The maximum atomic E-state index is 13.0. The van der Waals surface area contributed by atoms with Crippen molar-refractivity contribution in [2.75, 3.05) is 38.0 Å². The summed E-state index contributed by atoms with van der Waals surface area (Å²) >= 11 is 0. The number of hydrogen-bond donors (Lipinski definition) is 2. The number of sulfonamides is 1. The Morgan fingerprint density at radius 3 is 2.33 bits per heavy atom. The molecular weight excluding hydrogens is 410 g/mol. The molecule has 2 fully saturated rings. The molecule has 2 saturated heterocycles. The van der Waals surface area contributed by atoms with Crippen molar-refractivity contribution in [1.82, 2.24) is 9.21 Å². The first-order valence-electron chi connectivity index (χ1n) is 10.3. The molecule has 0 saturated carbocycles. The van der Waals surface area contributed by atoms with Crippen LogP contribution >= 0.6 is 0 Å². The second-order valence-electron chi connectivity index (χ2n) is 7.92. The van der Waals surface area contributed by atoms with Gasteiger partial charge in [0.1, 0.15) is 5.69 Å². The Balaban J connectivity index is 1.74. The lowest BCUT2D eigenvalue weighted by molar-refractivity contribution is -0.384. The fraction of sp³-hybridized carbons (Fsp3) is 0.632. The molecule has 0 spiro atoms. The van der Waals surface area contributed by atoms with Crippen LogP contribution in [0.15, 0.2) is 23.1 Å². The van der Waals surface area contributed by atoms with E-state index in [9.17, 15) is 23.3 Å². The number of rotatable bonds is 7. The largest absolute Gasteiger partial charge is 0.377 e. The number of anilines is 1. The van der Waals surface area contributed by atoms with Gasteiger partial charge in [-0.3, -0.25) is 19.8 Å². The van der Waals surface area contributed by atoms with Gasteiger partial charge in [-0.1, -0.05) is 12.8 Å². The smallest absolute Gasteiger partial charge is 0.293 e. The number of primary amides is 1. The van der Waals surface area contributed by atoms with Gasteiger partial charge < -0.3 is 11.1 Å². The predicted octanol–water partition coefficient (Wildman–Crippen LogP) is 1.52. The average Bonchev–Trinajstić information content (AvgIpc) is 2.99. The van der Waals surface area contributed by atoms with Crippen LogP contribution in [0.4, 0.5) is 11.4 Å². The van der Waals surface area contributed by atoms with E-state index in [-0.39, 0.29) is 29.1 Å². The van der Waals surface area contributed by atoms with E-state index in [0.717, 1.165) is 31.7 Å². The molecule has 166 valence electrons. The Labute approximate surface area is 176 Å². The first-order valence-corrected chi connectivity index (χ1v) is 11.8. The SMILES string of the molecule is NC(=O)CN1CCC(Nc2ccc(S(=O)(=O)N3CCCCCC3)cc2[N+](=O)[O-])CC1. The molecule has 1 amide bonds. The zero-order valence-corrected chi connectivity index (χ0v) is 17.8. The summed E-state index contributed by atoms with van der Waals surface area (Å²) < 4.78 is 27.4. The molecule has 3 rings (SSSR count). The molecule has 0 atom stereocenters. The third-order valence-electron chi connectivity index (χ3n) is 5.70. The van der Waals surface area contributed by atoms with E-state index in [0.29, 0.717) is 44.7 Å². The Morgan fingerprint density at radius 1 is 1.13 bits per heavy atom. The lowest BCUT2D eigenvalue weighted by atomic mass is 10.0. The zero-order chi connectivity index (χ0) is 21.7. The van der Waals surface area contributed by atoms with E-state index in [1.807, 2.05) is 4.90 Å². The second kappa shape index (κ2) is 9.71. The maximum absolute atomic E-state index is 13.0. The number of likely N-dealkylation sites (tertiary alicyclic amines) is 1. The number of amides is 1. The summed E-state index contributed by atoms with van der Waals surface area (Å²) in [7, 11) is -3.76. The molecule has 0 bridgehead atoms. The minimum Gasteiger partial charge on any atom is -0.377 e. The van der Waals surface area contributed by atoms with Gasteiger partial charge in [0.05, 0.1) is 16.4 Å². The minimum atomic E-state index is -3.76. The van der Waals surface area contributed by atoms with Crippen molar-refractivity contribution in [3.63, 3.8) is 0 Å². The normalized spacial score (nSPS) is 19.9. The van der Waals surface area contributed by atoms with Crippen molar-refractivity contribution in [3.05, 3.63) is 28.3 Å². The summed E-state index contributed by atoms with van der Waals surface area (Å²) in [4.78, 5) is 24.0. The van der Waals surface area contributed by atoms with Crippen molar-refractivity contribution in [2.45, 2.75) is 49.5 Å². The van der Waals surface area contributed by atoms with E-state index >= 15 is 0 Å². The monoisotopic (exact) mass is 439 g/mol. The molecule has 3 N–H and O–H groups in total.